The Morgan fingerprint density at radius 3 is 2.31 bits per heavy atom. The molecule has 0 N–H and O–H groups in total. The van der Waals surface area contributed by atoms with E-state index in [9.17, 15) is 4.79 Å². The molecule has 2 aliphatic heterocycles. The van der Waals surface area contributed by atoms with Gasteiger partial charge in [0.15, 0.2) is 0 Å². The van der Waals surface area contributed by atoms with E-state index in [1.807, 2.05) is 0 Å². The van der Waals surface area contributed by atoms with Crippen molar-refractivity contribution in [2.75, 3.05) is 32.7 Å². The topological polar surface area (TPSA) is 36.7 Å². The number of rotatable bonds is 4. The number of aryl methyl sites for hydroxylation is 2. The van der Waals surface area contributed by atoms with Gasteiger partial charge < -0.3 is 9.32 Å². The van der Waals surface area contributed by atoms with Crippen molar-refractivity contribution in [1.29, 1.82) is 0 Å². The van der Waals surface area contributed by atoms with Crippen LogP contribution >= 0.6 is 0 Å². The number of likely N-dealkylation sites (tertiary alicyclic amines) is 2. The molecule has 0 unspecified atom stereocenters. The molecule has 0 saturated carbocycles. The second kappa shape index (κ2) is 8.61. The van der Waals surface area contributed by atoms with Gasteiger partial charge in [0.25, 0.3) is 0 Å². The summed E-state index contributed by atoms with van der Waals surface area (Å²) in [7, 11) is 0. The van der Waals surface area contributed by atoms with Crippen molar-refractivity contribution in [2.24, 2.45) is 5.92 Å². The number of nitrogens with zero attached hydrogens (tertiary/aromatic N) is 2. The van der Waals surface area contributed by atoms with Gasteiger partial charge in [0.05, 0.1) is 0 Å². The maximum Gasteiger partial charge on any atom is 0.336 e. The SMILES string of the molecule is O=c1cc(CN2CCC(CN3CCCCCC3)CC2)c2cc3c(cc2o1)CCC3. The fraction of sp³-hybridized carbons (Fsp3) is 0.640. The van der Waals surface area contributed by atoms with Crippen LogP contribution in [0.1, 0.15) is 61.6 Å². The summed E-state index contributed by atoms with van der Waals surface area (Å²) in [5.41, 5.74) is 4.54. The minimum Gasteiger partial charge on any atom is -0.423 e. The van der Waals surface area contributed by atoms with E-state index in [4.69, 9.17) is 4.42 Å². The summed E-state index contributed by atoms with van der Waals surface area (Å²) in [5.74, 6) is 0.838. The monoisotopic (exact) mass is 394 g/mol. The van der Waals surface area contributed by atoms with Crippen LogP contribution < -0.4 is 5.63 Å². The van der Waals surface area contributed by atoms with Gasteiger partial charge in [-0.3, -0.25) is 4.90 Å². The first-order valence-corrected chi connectivity index (χ1v) is 11.8. The number of piperidine rings is 1. The Kier molecular flexibility index (Phi) is 5.74. The number of hydrogen-bond acceptors (Lipinski definition) is 4. The fourth-order valence-electron chi connectivity index (χ4n) is 5.68. The molecule has 3 aliphatic rings. The van der Waals surface area contributed by atoms with Crippen molar-refractivity contribution in [3.8, 4) is 0 Å². The van der Waals surface area contributed by atoms with Crippen molar-refractivity contribution in [3.63, 3.8) is 0 Å². The summed E-state index contributed by atoms with van der Waals surface area (Å²) >= 11 is 0. The Morgan fingerprint density at radius 1 is 0.828 bits per heavy atom. The predicted octanol–water partition coefficient (Wildman–Crippen LogP) is 4.37. The quantitative estimate of drug-likeness (QED) is 0.722. The Balaban J connectivity index is 1.24. The van der Waals surface area contributed by atoms with E-state index < -0.39 is 0 Å². The molecule has 0 spiro atoms. The van der Waals surface area contributed by atoms with Crippen molar-refractivity contribution >= 4 is 11.0 Å². The zero-order chi connectivity index (χ0) is 19.6. The summed E-state index contributed by atoms with van der Waals surface area (Å²) in [6.45, 7) is 7.05. The maximum atomic E-state index is 12.2. The first kappa shape index (κ1) is 19.3. The molecule has 0 atom stereocenters. The van der Waals surface area contributed by atoms with Gasteiger partial charge in [0.2, 0.25) is 0 Å². The number of benzene rings is 1. The van der Waals surface area contributed by atoms with Gasteiger partial charge in [0.1, 0.15) is 5.58 Å². The molecule has 4 heteroatoms. The molecular weight excluding hydrogens is 360 g/mol. The lowest BCUT2D eigenvalue weighted by atomic mass is 9.95. The second-order valence-corrected chi connectivity index (χ2v) is 9.50. The summed E-state index contributed by atoms with van der Waals surface area (Å²) < 4.78 is 5.55. The lowest BCUT2D eigenvalue weighted by Gasteiger charge is -2.34. The highest BCUT2D eigenvalue weighted by Gasteiger charge is 2.23. The molecule has 2 fully saturated rings. The molecule has 0 amide bonds. The van der Waals surface area contributed by atoms with Gasteiger partial charge in [0, 0.05) is 24.5 Å². The van der Waals surface area contributed by atoms with Gasteiger partial charge in [-0.2, -0.15) is 0 Å². The lowest BCUT2D eigenvalue weighted by Crippen LogP contribution is -2.38. The number of fused-ring (bicyclic) bond motifs is 2. The Morgan fingerprint density at radius 2 is 1.55 bits per heavy atom. The average molecular weight is 395 g/mol. The third-order valence-electron chi connectivity index (χ3n) is 7.36. The highest BCUT2D eigenvalue weighted by molar-refractivity contribution is 5.82. The normalized spacial score (nSPS) is 22.1. The summed E-state index contributed by atoms with van der Waals surface area (Å²) in [4.78, 5) is 17.4. The van der Waals surface area contributed by atoms with E-state index in [0.29, 0.717) is 0 Å². The van der Waals surface area contributed by atoms with Crippen LogP contribution in [0.25, 0.3) is 11.0 Å². The molecule has 156 valence electrons. The first-order valence-electron chi connectivity index (χ1n) is 11.8. The van der Waals surface area contributed by atoms with Crippen LogP contribution in [0.15, 0.2) is 27.4 Å². The van der Waals surface area contributed by atoms with E-state index in [-0.39, 0.29) is 5.63 Å². The van der Waals surface area contributed by atoms with Gasteiger partial charge in [-0.15, -0.1) is 0 Å². The molecule has 2 saturated heterocycles. The van der Waals surface area contributed by atoms with Crippen molar-refractivity contribution in [1.82, 2.24) is 9.80 Å². The van der Waals surface area contributed by atoms with Crippen molar-refractivity contribution < 1.29 is 4.42 Å². The lowest BCUT2D eigenvalue weighted by molar-refractivity contribution is 0.140. The molecule has 1 aromatic heterocycles. The predicted molar refractivity (Wildman–Crippen MR) is 117 cm³/mol. The smallest absolute Gasteiger partial charge is 0.336 e. The zero-order valence-corrected chi connectivity index (χ0v) is 17.6. The number of hydrogen-bond donors (Lipinski definition) is 0. The van der Waals surface area contributed by atoms with Crippen LogP contribution in [0.2, 0.25) is 0 Å². The first-order chi connectivity index (χ1) is 14.2. The summed E-state index contributed by atoms with van der Waals surface area (Å²) in [6.07, 6.45) is 11.6. The van der Waals surface area contributed by atoms with Crippen LogP contribution in [-0.2, 0) is 19.4 Å². The zero-order valence-electron chi connectivity index (χ0n) is 17.6. The van der Waals surface area contributed by atoms with E-state index in [0.717, 1.165) is 54.9 Å². The summed E-state index contributed by atoms with van der Waals surface area (Å²) in [6, 6.07) is 6.14. The van der Waals surface area contributed by atoms with Crippen LogP contribution in [-0.4, -0.2) is 42.5 Å². The van der Waals surface area contributed by atoms with E-state index >= 15 is 0 Å². The molecule has 2 aromatic rings. The summed E-state index contributed by atoms with van der Waals surface area (Å²) in [5, 5.41) is 1.15. The largest absolute Gasteiger partial charge is 0.423 e. The Hall–Kier alpha value is -1.65. The standard InChI is InChI=1S/C25H34N2O2/c28-25-16-22(23-14-20-6-5-7-21(20)15-24(23)29-25)18-27-12-8-19(9-13-27)17-26-10-3-1-2-4-11-26/h14-16,19H,1-13,17-18H2. The van der Waals surface area contributed by atoms with E-state index in [2.05, 4.69) is 21.9 Å². The third kappa shape index (κ3) is 4.44. The Labute approximate surface area is 173 Å². The molecule has 3 heterocycles. The highest BCUT2D eigenvalue weighted by Crippen LogP contribution is 2.30. The van der Waals surface area contributed by atoms with Gasteiger partial charge in [-0.25, -0.2) is 4.79 Å². The third-order valence-corrected chi connectivity index (χ3v) is 7.36. The fourth-order valence-corrected chi connectivity index (χ4v) is 5.68. The second-order valence-electron chi connectivity index (χ2n) is 9.50. The highest BCUT2D eigenvalue weighted by atomic mass is 16.4. The molecule has 4 nitrogen and oxygen atoms in total. The molecule has 0 bridgehead atoms. The minimum atomic E-state index is -0.207. The van der Waals surface area contributed by atoms with Crippen LogP contribution in [0.5, 0.6) is 0 Å². The van der Waals surface area contributed by atoms with Gasteiger partial charge >= 0.3 is 5.63 Å². The van der Waals surface area contributed by atoms with Crippen molar-refractivity contribution in [2.45, 2.75) is 64.3 Å². The molecule has 0 radical (unpaired) electrons. The molecule has 1 aromatic carbocycles. The van der Waals surface area contributed by atoms with E-state index in [1.54, 1.807) is 6.07 Å². The van der Waals surface area contributed by atoms with Crippen LogP contribution in [0.3, 0.4) is 0 Å². The maximum absolute atomic E-state index is 12.2. The minimum absolute atomic E-state index is 0.207. The van der Waals surface area contributed by atoms with Crippen molar-refractivity contribution in [3.05, 3.63) is 45.3 Å². The van der Waals surface area contributed by atoms with Crippen LogP contribution in [0.4, 0.5) is 0 Å². The van der Waals surface area contributed by atoms with Crippen LogP contribution in [0, 0.1) is 5.92 Å². The Bertz CT molecular complexity index is 903. The van der Waals surface area contributed by atoms with Gasteiger partial charge in [-0.1, -0.05) is 12.8 Å². The average Bonchev–Trinajstić information content (AvgIpc) is 3.02. The molecule has 1 aliphatic carbocycles. The molecule has 5 rings (SSSR count). The van der Waals surface area contributed by atoms with Gasteiger partial charge in [-0.05, 0) is 106 Å². The molecular formula is C25H34N2O2. The van der Waals surface area contributed by atoms with E-state index in [1.165, 1.54) is 75.7 Å². The molecule has 29 heavy (non-hydrogen) atoms.